The highest BCUT2D eigenvalue weighted by Gasteiger charge is 2.14. The molecule has 0 spiro atoms. The summed E-state index contributed by atoms with van der Waals surface area (Å²) in [5, 5.41) is 3.82. The average Bonchev–Trinajstić information content (AvgIpc) is 2.35. The summed E-state index contributed by atoms with van der Waals surface area (Å²) in [5.74, 6) is 0.0510. The number of rotatable bonds is 4. The van der Waals surface area contributed by atoms with Crippen LogP contribution >= 0.6 is 0 Å². The molecule has 90 valence electrons. The Morgan fingerprint density at radius 1 is 1.24 bits per heavy atom. The molecule has 1 heterocycles. The van der Waals surface area contributed by atoms with Crippen LogP contribution in [0.4, 0.5) is 14.6 Å². The Morgan fingerprint density at radius 3 is 2.71 bits per heavy atom. The predicted molar refractivity (Wildman–Crippen MR) is 63.3 cm³/mol. The highest BCUT2D eigenvalue weighted by atomic mass is 19.3. The minimum absolute atomic E-state index is 0.428. The van der Waals surface area contributed by atoms with Crippen LogP contribution in [0.3, 0.4) is 0 Å². The number of nitrogens with zero attached hydrogens (tertiary/aromatic N) is 2. The highest BCUT2D eigenvalue weighted by Crippen LogP contribution is 2.24. The average molecular weight is 237 g/mol. The molecule has 0 saturated carbocycles. The van der Waals surface area contributed by atoms with Crippen LogP contribution in [-0.2, 0) is 0 Å². The molecule has 0 bridgehead atoms. The van der Waals surface area contributed by atoms with Crippen molar-refractivity contribution >= 4 is 16.7 Å². The van der Waals surface area contributed by atoms with Gasteiger partial charge >= 0.3 is 0 Å². The van der Waals surface area contributed by atoms with E-state index in [1.54, 1.807) is 12.1 Å². The molecule has 1 N–H and O–H groups in total. The summed E-state index contributed by atoms with van der Waals surface area (Å²) in [7, 11) is 0. The van der Waals surface area contributed by atoms with Gasteiger partial charge in [-0.05, 0) is 18.6 Å². The molecule has 0 radical (unpaired) electrons. The molecule has 0 aliphatic rings. The largest absolute Gasteiger partial charge is 0.369 e. The van der Waals surface area contributed by atoms with E-state index in [2.05, 4.69) is 15.3 Å². The fourth-order valence-electron chi connectivity index (χ4n) is 1.57. The van der Waals surface area contributed by atoms with E-state index in [1.165, 1.54) is 0 Å². The van der Waals surface area contributed by atoms with E-state index in [-0.39, 0.29) is 0 Å². The van der Waals surface area contributed by atoms with Crippen LogP contribution in [0, 0.1) is 0 Å². The second kappa shape index (κ2) is 5.03. The van der Waals surface area contributed by atoms with Crippen LogP contribution < -0.4 is 5.32 Å². The van der Waals surface area contributed by atoms with Crippen molar-refractivity contribution in [2.45, 2.75) is 19.8 Å². The van der Waals surface area contributed by atoms with E-state index in [0.29, 0.717) is 17.9 Å². The van der Waals surface area contributed by atoms with Gasteiger partial charge in [-0.1, -0.05) is 19.1 Å². The third-order valence-corrected chi connectivity index (χ3v) is 2.36. The summed E-state index contributed by atoms with van der Waals surface area (Å²) < 4.78 is 25.3. The zero-order valence-corrected chi connectivity index (χ0v) is 9.45. The smallest absolute Gasteiger partial charge is 0.297 e. The molecule has 2 rings (SSSR count). The normalized spacial score (nSPS) is 11.1. The van der Waals surface area contributed by atoms with Crippen molar-refractivity contribution in [3.63, 3.8) is 0 Å². The summed E-state index contributed by atoms with van der Waals surface area (Å²) in [6, 6.07) is 7.14. The molecule has 5 heteroatoms. The number of nitrogens with one attached hydrogen (secondary N) is 1. The Balaban J connectivity index is 2.52. The predicted octanol–water partition coefficient (Wildman–Crippen LogP) is 3.39. The van der Waals surface area contributed by atoms with Gasteiger partial charge in [0, 0.05) is 11.9 Å². The van der Waals surface area contributed by atoms with E-state index >= 15 is 0 Å². The maximum atomic E-state index is 12.6. The molecule has 17 heavy (non-hydrogen) atoms. The zero-order valence-electron chi connectivity index (χ0n) is 9.45. The van der Waals surface area contributed by atoms with Gasteiger partial charge in [-0.15, -0.1) is 0 Å². The topological polar surface area (TPSA) is 37.8 Å². The standard InChI is InChI=1S/C12H13F2N3/c1-2-7-15-11-8-5-3-4-6-9(8)16-12(17-11)10(13)14/h3-6,10H,2,7H2,1H3,(H,15,16,17). The molecule has 0 fully saturated rings. The quantitative estimate of drug-likeness (QED) is 0.885. The number of hydrogen-bond acceptors (Lipinski definition) is 3. The monoisotopic (exact) mass is 237 g/mol. The molecule has 0 saturated heterocycles. The van der Waals surface area contributed by atoms with Crippen molar-refractivity contribution < 1.29 is 8.78 Å². The van der Waals surface area contributed by atoms with Gasteiger partial charge in [-0.25, -0.2) is 18.7 Å². The van der Waals surface area contributed by atoms with Crippen LogP contribution in [0.15, 0.2) is 24.3 Å². The number of para-hydroxylation sites is 1. The second-order valence-corrected chi connectivity index (χ2v) is 3.68. The van der Waals surface area contributed by atoms with Gasteiger partial charge in [0.05, 0.1) is 5.52 Å². The summed E-state index contributed by atoms with van der Waals surface area (Å²) in [6.07, 6.45) is -1.75. The molecule has 0 amide bonds. The SMILES string of the molecule is CCCNc1nc(C(F)F)nc2ccccc12. The van der Waals surface area contributed by atoms with Crippen LogP contribution in [0.5, 0.6) is 0 Å². The van der Waals surface area contributed by atoms with E-state index in [1.807, 2.05) is 19.1 Å². The minimum atomic E-state index is -2.65. The van der Waals surface area contributed by atoms with E-state index in [9.17, 15) is 8.78 Å². The van der Waals surface area contributed by atoms with E-state index in [0.717, 1.165) is 11.8 Å². The lowest BCUT2D eigenvalue weighted by atomic mass is 10.2. The lowest BCUT2D eigenvalue weighted by Gasteiger charge is -2.09. The van der Waals surface area contributed by atoms with E-state index in [4.69, 9.17) is 0 Å². The summed E-state index contributed by atoms with van der Waals surface area (Å²) >= 11 is 0. The maximum absolute atomic E-state index is 12.6. The Kier molecular flexibility index (Phi) is 3.46. The van der Waals surface area contributed by atoms with Crippen molar-refractivity contribution in [3.8, 4) is 0 Å². The molecule has 0 aliphatic carbocycles. The number of benzene rings is 1. The van der Waals surface area contributed by atoms with Gasteiger partial charge in [0.1, 0.15) is 5.82 Å². The van der Waals surface area contributed by atoms with Crippen LogP contribution in [0.1, 0.15) is 25.6 Å². The van der Waals surface area contributed by atoms with Gasteiger partial charge < -0.3 is 5.32 Å². The number of aromatic nitrogens is 2. The Morgan fingerprint density at radius 2 is 2.00 bits per heavy atom. The third kappa shape index (κ3) is 2.49. The van der Waals surface area contributed by atoms with Crippen molar-refractivity contribution in [1.82, 2.24) is 9.97 Å². The molecule has 3 nitrogen and oxygen atoms in total. The molecular weight excluding hydrogens is 224 g/mol. The number of hydrogen-bond donors (Lipinski definition) is 1. The molecule has 1 aromatic heterocycles. The molecule has 2 aromatic rings. The first-order valence-corrected chi connectivity index (χ1v) is 5.51. The van der Waals surface area contributed by atoms with E-state index < -0.39 is 12.2 Å². The first-order chi connectivity index (χ1) is 8.22. The number of halogens is 2. The number of fused-ring (bicyclic) bond motifs is 1. The number of anilines is 1. The van der Waals surface area contributed by atoms with Gasteiger partial charge in [0.2, 0.25) is 0 Å². The van der Waals surface area contributed by atoms with Gasteiger partial charge in [-0.3, -0.25) is 0 Å². The minimum Gasteiger partial charge on any atom is -0.369 e. The summed E-state index contributed by atoms with van der Waals surface area (Å²) in [4.78, 5) is 7.71. The Labute approximate surface area is 97.9 Å². The zero-order chi connectivity index (χ0) is 12.3. The van der Waals surface area contributed by atoms with Crippen molar-refractivity contribution in [3.05, 3.63) is 30.1 Å². The first-order valence-electron chi connectivity index (χ1n) is 5.51. The van der Waals surface area contributed by atoms with Gasteiger partial charge in [-0.2, -0.15) is 0 Å². The van der Waals surface area contributed by atoms with Crippen molar-refractivity contribution in [2.24, 2.45) is 0 Å². The lowest BCUT2D eigenvalue weighted by Crippen LogP contribution is -2.06. The summed E-state index contributed by atoms with van der Waals surface area (Å²) in [5.41, 5.74) is 0.538. The van der Waals surface area contributed by atoms with Crippen molar-refractivity contribution in [2.75, 3.05) is 11.9 Å². The van der Waals surface area contributed by atoms with Gasteiger partial charge in [0.25, 0.3) is 6.43 Å². The molecular formula is C12H13F2N3. The molecule has 0 unspecified atom stereocenters. The van der Waals surface area contributed by atoms with Gasteiger partial charge in [0.15, 0.2) is 5.82 Å². The lowest BCUT2D eigenvalue weighted by molar-refractivity contribution is 0.141. The molecule has 1 aromatic carbocycles. The maximum Gasteiger partial charge on any atom is 0.297 e. The second-order valence-electron chi connectivity index (χ2n) is 3.68. The number of alkyl halides is 2. The van der Waals surface area contributed by atoms with Crippen LogP contribution in [-0.4, -0.2) is 16.5 Å². The third-order valence-electron chi connectivity index (χ3n) is 2.36. The Bertz CT molecular complexity index is 514. The Hall–Kier alpha value is -1.78. The first kappa shape index (κ1) is 11.7. The van der Waals surface area contributed by atoms with Crippen LogP contribution in [0.25, 0.3) is 10.9 Å². The molecule has 0 atom stereocenters. The summed E-state index contributed by atoms with van der Waals surface area (Å²) in [6.45, 7) is 2.70. The highest BCUT2D eigenvalue weighted by molar-refractivity contribution is 5.88. The van der Waals surface area contributed by atoms with Crippen molar-refractivity contribution in [1.29, 1.82) is 0 Å². The fraction of sp³-hybridized carbons (Fsp3) is 0.333. The van der Waals surface area contributed by atoms with Crippen LogP contribution in [0.2, 0.25) is 0 Å². The fourth-order valence-corrected chi connectivity index (χ4v) is 1.57. The molecule has 0 aliphatic heterocycles.